The third kappa shape index (κ3) is 2.69. The predicted octanol–water partition coefficient (Wildman–Crippen LogP) is 3.92. The molecule has 6 heteroatoms. The highest BCUT2D eigenvalue weighted by Gasteiger charge is 2.16. The first-order chi connectivity index (χ1) is 11.0. The average molecular weight is 331 g/mol. The lowest BCUT2D eigenvalue weighted by Crippen LogP contribution is -2.09. The van der Waals surface area contributed by atoms with Crippen molar-refractivity contribution in [1.82, 2.24) is 4.98 Å². The Morgan fingerprint density at radius 2 is 1.91 bits per heavy atom. The monoisotopic (exact) mass is 330 g/mol. The molecule has 0 saturated heterocycles. The molecule has 3 aromatic rings. The Morgan fingerprint density at radius 1 is 1.22 bits per heavy atom. The summed E-state index contributed by atoms with van der Waals surface area (Å²) in [4.78, 5) is 15.0. The van der Waals surface area contributed by atoms with E-state index >= 15 is 0 Å². The third-order valence-corrected chi connectivity index (χ3v) is 3.99. The van der Waals surface area contributed by atoms with Crippen molar-refractivity contribution in [2.45, 2.75) is 6.42 Å². The number of benzene rings is 2. The van der Waals surface area contributed by atoms with E-state index in [1.54, 1.807) is 18.2 Å². The Hall–Kier alpha value is -2.71. The van der Waals surface area contributed by atoms with Crippen LogP contribution in [0.5, 0.6) is 0 Å². The van der Waals surface area contributed by atoms with Crippen molar-refractivity contribution in [2.24, 2.45) is 0 Å². The lowest BCUT2D eigenvalue weighted by molar-refractivity contribution is 0.626. The number of H-pyrrole nitrogens is 1. The number of aromatic amines is 1. The van der Waals surface area contributed by atoms with Crippen LogP contribution in [0.25, 0.3) is 10.9 Å². The number of hydrogen-bond donors (Lipinski definition) is 1. The van der Waals surface area contributed by atoms with Gasteiger partial charge in [-0.05, 0) is 23.8 Å². The van der Waals surface area contributed by atoms with Crippen LogP contribution in [0.2, 0.25) is 5.02 Å². The van der Waals surface area contributed by atoms with Gasteiger partial charge in [-0.2, -0.15) is 5.26 Å². The van der Waals surface area contributed by atoms with Gasteiger partial charge in [0.25, 0.3) is 0 Å². The summed E-state index contributed by atoms with van der Waals surface area (Å²) in [6.45, 7) is 0. The van der Waals surface area contributed by atoms with E-state index in [9.17, 15) is 13.6 Å². The minimum absolute atomic E-state index is 0.0584. The fourth-order valence-electron chi connectivity index (χ4n) is 2.43. The first kappa shape index (κ1) is 15.2. The SMILES string of the molecule is N#Cc1c[nH]c2c(Cc3ccc(F)cc3)c(Cl)c(F)cc2c1=O. The Balaban J connectivity index is 2.25. The molecular formula is C17H9ClF2N2O. The van der Waals surface area contributed by atoms with Gasteiger partial charge < -0.3 is 4.98 Å². The second-order valence-corrected chi connectivity index (χ2v) is 5.40. The predicted molar refractivity (Wildman–Crippen MR) is 83.5 cm³/mol. The van der Waals surface area contributed by atoms with E-state index < -0.39 is 11.2 Å². The summed E-state index contributed by atoms with van der Waals surface area (Å²) >= 11 is 6.04. The fourth-order valence-corrected chi connectivity index (χ4v) is 2.65. The molecule has 1 heterocycles. The molecule has 0 saturated carbocycles. The lowest BCUT2D eigenvalue weighted by atomic mass is 10.0. The van der Waals surface area contributed by atoms with Crippen LogP contribution in [0.15, 0.2) is 41.3 Å². The quantitative estimate of drug-likeness (QED) is 0.774. The topological polar surface area (TPSA) is 56.6 Å². The summed E-state index contributed by atoms with van der Waals surface area (Å²) < 4.78 is 27.1. The average Bonchev–Trinajstić information content (AvgIpc) is 2.55. The summed E-state index contributed by atoms with van der Waals surface area (Å²) in [6.07, 6.45) is 1.49. The van der Waals surface area contributed by atoms with Gasteiger partial charge in [0.05, 0.1) is 15.9 Å². The fraction of sp³-hybridized carbons (Fsp3) is 0.0588. The molecule has 1 N–H and O–H groups in total. The molecule has 0 spiro atoms. The summed E-state index contributed by atoms with van der Waals surface area (Å²) in [5, 5.41) is 8.86. The first-order valence-corrected chi connectivity index (χ1v) is 7.06. The number of aromatic nitrogens is 1. The van der Waals surface area contributed by atoms with Gasteiger partial charge in [-0.1, -0.05) is 23.7 Å². The van der Waals surface area contributed by atoms with Crippen molar-refractivity contribution >= 4 is 22.5 Å². The van der Waals surface area contributed by atoms with E-state index in [0.717, 1.165) is 6.07 Å². The van der Waals surface area contributed by atoms with Crippen molar-refractivity contribution in [3.63, 3.8) is 0 Å². The maximum atomic E-state index is 14.1. The van der Waals surface area contributed by atoms with Gasteiger partial charge in [-0.3, -0.25) is 4.79 Å². The van der Waals surface area contributed by atoms with Crippen LogP contribution in [0.3, 0.4) is 0 Å². The smallest absolute Gasteiger partial charge is 0.207 e. The Bertz CT molecular complexity index is 1000. The maximum Gasteiger partial charge on any atom is 0.207 e. The molecule has 0 unspecified atom stereocenters. The zero-order valence-electron chi connectivity index (χ0n) is 11.7. The van der Waals surface area contributed by atoms with Gasteiger partial charge in [0.15, 0.2) is 0 Å². The number of halogens is 3. The van der Waals surface area contributed by atoms with Crippen molar-refractivity contribution in [3.8, 4) is 6.07 Å². The van der Waals surface area contributed by atoms with Crippen LogP contribution in [0.4, 0.5) is 8.78 Å². The highest BCUT2D eigenvalue weighted by Crippen LogP contribution is 2.29. The second-order valence-electron chi connectivity index (χ2n) is 5.02. The largest absolute Gasteiger partial charge is 0.359 e. The summed E-state index contributed by atoms with van der Waals surface area (Å²) in [6, 6.07) is 8.48. The molecule has 2 aromatic carbocycles. The maximum absolute atomic E-state index is 14.1. The van der Waals surface area contributed by atoms with Gasteiger partial charge in [-0.25, -0.2) is 8.78 Å². The number of fused-ring (bicyclic) bond motifs is 1. The lowest BCUT2D eigenvalue weighted by Gasteiger charge is -2.10. The van der Waals surface area contributed by atoms with Crippen molar-refractivity contribution in [2.75, 3.05) is 0 Å². The molecule has 0 bridgehead atoms. The summed E-state index contributed by atoms with van der Waals surface area (Å²) in [5.74, 6) is -1.12. The standard InChI is InChI=1S/C17H9ClF2N2O/c18-15-12(5-9-1-3-11(19)4-2-9)16-13(6-14(15)20)17(23)10(7-21)8-22-16/h1-4,6,8H,5H2,(H,22,23). The molecular weight excluding hydrogens is 322 g/mol. The molecule has 0 aliphatic heterocycles. The summed E-state index contributed by atoms with van der Waals surface area (Å²) in [7, 11) is 0. The van der Waals surface area contributed by atoms with Crippen molar-refractivity contribution in [1.29, 1.82) is 5.26 Å². The van der Waals surface area contributed by atoms with Gasteiger partial charge in [0.1, 0.15) is 23.3 Å². The van der Waals surface area contributed by atoms with Gasteiger partial charge in [-0.15, -0.1) is 0 Å². The molecule has 114 valence electrons. The second kappa shape index (κ2) is 5.82. The Labute approximate surface area is 134 Å². The van der Waals surface area contributed by atoms with Crippen molar-refractivity contribution < 1.29 is 8.78 Å². The molecule has 3 nitrogen and oxygen atoms in total. The van der Waals surface area contributed by atoms with Crippen LogP contribution in [-0.4, -0.2) is 4.98 Å². The Morgan fingerprint density at radius 3 is 2.57 bits per heavy atom. The van der Waals surface area contributed by atoms with Gasteiger partial charge in [0, 0.05) is 18.2 Å². The van der Waals surface area contributed by atoms with Gasteiger partial charge in [0.2, 0.25) is 5.43 Å². The van der Waals surface area contributed by atoms with Crippen molar-refractivity contribution in [3.05, 3.63) is 80.1 Å². The number of nitrogens with one attached hydrogen (secondary N) is 1. The summed E-state index contributed by atoms with van der Waals surface area (Å²) in [5.41, 5.74) is 0.800. The molecule has 0 aliphatic carbocycles. The van der Waals surface area contributed by atoms with E-state index in [4.69, 9.17) is 16.9 Å². The van der Waals surface area contributed by atoms with E-state index in [0.29, 0.717) is 16.6 Å². The van der Waals surface area contributed by atoms with E-state index in [1.807, 2.05) is 0 Å². The Kier molecular flexibility index (Phi) is 3.85. The molecule has 23 heavy (non-hydrogen) atoms. The zero-order chi connectivity index (χ0) is 16.6. The van der Waals surface area contributed by atoms with E-state index in [2.05, 4.69) is 4.98 Å². The van der Waals surface area contributed by atoms with Crippen LogP contribution < -0.4 is 5.43 Å². The van der Waals surface area contributed by atoms with Crippen LogP contribution in [0.1, 0.15) is 16.7 Å². The number of nitrogens with zero attached hydrogens (tertiary/aromatic N) is 1. The highest BCUT2D eigenvalue weighted by molar-refractivity contribution is 6.32. The van der Waals surface area contributed by atoms with E-state index in [-0.39, 0.29) is 28.2 Å². The van der Waals surface area contributed by atoms with Crippen LogP contribution >= 0.6 is 11.6 Å². The van der Waals surface area contributed by atoms with Crippen LogP contribution in [0, 0.1) is 23.0 Å². The molecule has 0 amide bonds. The highest BCUT2D eigenvalue weighted by atomic mass is 35.5. The number of hydrogen-bond acceptors (Lipinski definition) is 2. The number of rotatable bonds is 2. The van der Waals surface area contributed by atoms with Crippen LogP contribution in [-0.2, 0) is 6.42 Å². The molecule has 3 rings (SSSR count). The minimum atomic E-state index is -0.739. The molecule has 0 fully saturated rings. The normalized spacial score (nSPS) is 10.7. The van der Waals surface area contributed by atoms with Gasteiger partial charge >= 0.3 is 0 Å². The number of nitriles is 1. The molecule has 0 aliphatic rings. The zero-order valence-corrected chi connectivity index (χ0v) is 12.4. The third-order valence-electron chi connectivity index (χ3n) is 3.58. The first-order valence-electron chi connectivity index (χ1n) is 6.68. The molecule has 1 aromatic heterocycles. The molecule has 0 radical (unpaired) electrons. The molecule has 0 atom stereocenters. The minimum Gasteiger partial charge on any atom is -0.359 e. The van der Waals surface area contributed by atoms with E-state index in [1.165, 1.54) is 18.3 Å². The number of pyridine rings is 1.